The van der Waals surface area contributed by atoms with Crippen LogP contribution >= 0.6 is 23.5 Å². The molecule has 24 heavy (non-hydrogen) atoms. The number of hydrogen-bond acceptors (Lipinski definition) is 7. The summed E-state index contributed by atoms with van der Waals surface area (Å²) in [5, 5.41) is -0.0663. The standard InChI is InChI=1S/C16H26N2O4S2/c1-17(2)9-12-5-6-13(22-12)10-23-8-7-18-14(19)11-24-15(18)16(20-3)21-4/h5-6,15-16H,7-11H2,1-4H3. The monoisotopic (exact) mass is 374 g/mol. The minimum Gasteiger partial charge on any atom is -0.464 e. The summed E-state index contributed by atoms with van der Waals surface area (Å²) in [5.74, 6) is 4.26. The van der Waals surface area contributed by atoms with Gasteiger partial charge in [0.1, 0.15) is 16.9 Å². The highest BCUT2D eigenvalue weighted by molar-refractivity contribution is 8.01. The smallest absolute Gasteiger partial charge is 0.233 e. The molecule has 1 atom stereocenters. The van der Waals surface area contributed by atoms with Gasteiger partial charge >= 0.3 is 0 Å². The van der Waals surface area contributed by atoms with E-state index < -0.39 is 0 Å². The maximum absolute atomic E-state index is 12.1. The van der Waals surface area contributed by atoms with E-state index in [2.05, 4.69) is 4.90 Å². The number of rotatable bonds is 10. The summed E-state index contributed by atoms with van der Waals surface area (Å²) in [6.07, 6.45) is -0.384. The first-order valence-electron chi connectivity index (χ1n) is 7.82. The first kappa shape index (κ1) is 19.7. The minimum absolute atomic E-state index is 0.0663. The summed E-state index contributed by atoms with van der Waals surface area (Å²) in [6, 6.07) is 4.05. The lowest BCUT2D eigenvalue weighted by Gasteiger charge is -2.28. The Labute approximate surface area is 152 Å². The Hall–Kier alpha value is -0.670. The lowest BCUT2D eigenvalue weighted by molar-refractivity contribution is -0.144. The van der Waals surface area contributed by atoms with Gasteiger partial charge in [-0.3, -0.25) is 4.79 Å². The largest absolute Gasteiger partial charge is 0.464 e. The molecule has 6 nitrogen and oxygen atoms in total. The molecule has 136 valence electrons. The predicted octanol–water partition coefficient (Wildman–Crippen LogP) is 2.09. The molecular weight excluding hydrogens is 348 g/mol. The van der Waals surface area contributed by atoms with Crippen LogP contribution in [-0.2, 0) is 26.6 Å². The summed E-state index contributed by atoms with van der Waals surface area (Å²) >= 11 is 3.34. The fraction of sp³-hybridized carbons (Fsp3) is 0.688. The number of amides is 1. The van der Waals surface area contributed by atoms with E-state index in [4.69, 9.17) is 13.9 Å². The van der Waals surface area contributed by atoms with Gasteiger partial charge in [0.05, 0.1) is 18.1 Å². The second-order valence-corrected chi connectivity index (χ2v) is 8.00. The van der Waals surface area contributed by atoms with Gasteiger partial charge in [-0.2, -0.15) is 11.8 Å². The van der Waals surface area contributed by atoms with Gasteiger partial charge in [0.25, 0.3) is 0 Å². The number of ether oxygens (including phenoxy) is 2. The van der Waals surface area contributed by atoms with E-state index >= 15 is 0 Å². The van der Waals surface area contributed by atoms with Crippen molar-refractivity contribution in [2.24, 2.45) is 0 Å². The molecule has 0 aromatic carbocycles. The third-order valence-electron chi connectivity index (χ3n) is 3.61. The van der Waals surface area contributed by atoms with Gasteiger partial charge in [0.15, 0.2) is 6.29 Å². The SMILES string of the molecule is COC(OC)C1SCC(=O)N1CCSCc1ccc(CN(C)C)o1. The Balaban J connectivity index is 1.76. The number of furan rings is 1. The summed E-state index contributed by atoms with van der Waals surface area (Å²) in [6.45, 7) is 1.50. The Bertz CT molecular complexity index is 520. The molecule has 0 aliphatic carbocycles. The second-order valence-electron chi connectivity index (χ2n) is 5.79. The molecule has 1 saturated heterocycles. The quantitative estimate of drug-likeness (QED) is 0.459. The van der Waals surface area contributed by atoms with Crippen LogP contribution in [0.3, 0.4) is 0 Å². The number of hydrogen-bond donors (Lipinski definition) is 0. The molecule has 8 heteroatoms. The summed E-state index contributed by atoms with van der Waals surface area (Å²) in [4.78, 5) is 16.0. The molecule has 2 rings (SSSR count). The molecule has 1 aliphatic heterocycles. The molecule has 0 bridgehead atoms. The Morgan fingerprint density at radius 3 is 2.75 bits per heavy atom. The molecule has 2 heterocycles. The van der Waals surface area contributed by atoms with Crippen LogP contribution < -0.4 is 0 Å². The molecule has 1 aliphatic rings. The fourth-order valence-corrected chi connectivity index (χ4v) is 4.60. The fourth-order valence-electron chi connectivity index (χ4n) is 2.51. The Morgan fingerprint density at radius 2 is 2.08 bits per heavy atom. The number of carbonyl (C=O) groups excluding carboxylic acids is 1. The number of carbonyl (C=O) groups is 1. The van der Waals surface area contributed by atoms with Crippen molar-refractivity contribution in [3.8, 4) is 0 Å². The van der Waals surface area contributed by atoms with E-state index in [1.165, 1.54) is 0 Å². The van der Waals surface area contributed by atoms with Crippen LogP contribution in [0.15, 0.2) is 16.5 Å². The molecular formula is C16H26N2O4S2. The summed E-state index contributed by atoms with van der Waals surface area (Å²) in [7, 11) is 7.25. The zero-order chi connectivity index (χ0) is 17.5. The van der Waals surface area contributed by atoms with E-state index in [1.807, 2.05) is 31.1 Å². The van der Waals surface area contributed by atoms with Crippen molar-refractivity contribution in [2.75, 3.05) is 46.4 Å². The first-order chi connectivity index (χ1) is 11.5. The third kappa shape index (κ3) is 5.42. The molecule has 1 amide bonds. The zero-order valence-electron chi connectivity index (χ0n) is 14.7. The highest BCUT2D eigenvalue weighted by Gasteiger charge is 2.37. The van der Waals surface area contributed by atoms with Crippen LogP contribution in [0.5, 0.6) is 0 Å². The lowest BCUT2D eigenvalue weighted by Crippen LogP contribution is -2.42. The third-order valence-corrected chi connectivity index (χ3v) is 5.80. The molecule has 1 aromatic rings. The van der Waals surface area contributed by atoms with Gasteiger partial charge in [-0.25, -0.2) is 0 Å². The van der Waals surface area contributed by atoms with Crippen molar-refractivity contribution in [1.29, 1.82) is 0 Å². The molecule has 0 saturated carbocycles. The molecule has 1 aromatic heterocycles. The van der Waals surface area contributed by atoms with E-state index in [-0.39, 0.29) is 17.6 Å². The highest BCUT2D eigenvalue weighted by Crippen LogP contribution is 2.29. The van der Waals surface area contributed by atoms with E-state index in [0.29, 0.717) is 12.3 Å². The Kier molecular flexibility index (Phi) is 7.96. The molecule has 0 radical (unpaired) electrons. The van der Waals surface area contributed by atoms with E-state index in [9.17, 15) is 4.79 Å². The zero-order valence-corrected chi connectivity index (χ0v) is 16.3. The van der Waals surface area contributed by atoms with Gasteiger partial charge in [-0.05, 0) is 26.2 Å². The van der Waals surface area contributed by atoms with Crippen LogP contribution in [0.25, 0.3) is 0 Å². The highest BCUT2D eigenvalue weighted by atomic mass is 32.2. The topological polar surface area (TPSA) is 55.2 Å². The van der Waals surface area contributed by atoms with Crippen molar-refractivity contribution in [2.45, 2.75) is 24.0 Å². The maximum atomic E-state index is 12.1. The molecule has 0 N–H and O–H groups in total. The summed E-state index contributed by atoms with van der Waals surface area (Å²) < 4.78 is 16.4. The molecule has 1 fully saturated rings. The average molecular weight is 375 g/mol. The van der Waals surface area contributed by atoms with Crippen LogP contribution in [0, 0.1) is 0 Å². The van der Waals surface area contributed by atoms with Crippen LogP contribution in [0.1, 0.15) is 11.5 Å². The van der Waals surface area contributed by atoms with Crippen molar-refractivity contribution in [3.05, 3.63) is 23.7 Å². The van der Waals surface area contributed by atoms with Crippen LogP contribution in [0.4, 0.5) is 0 Å². The van der Waals surface area contributed by atoms with Gasteiger partial charge in [0, 0.05) is 26.5 Å². The van der Waals surface area contributed by atoms with Crippen molar-refractivity contribution in [3.63, 3.8) is 0 Å². The molecule has 0 spiro atoms. The Morgan fingerprint density at radius 1 is 1.38 bits per heavy atom. The molecule has 1 unspecified atom stereocenters. The summed E-state index contributed by atoms with van der Waals surface area (Å²) in [5.41, 5.74) is 0. The normalized spacial score (nSPS) is 18.3. The van der Waals surface area contributed by atoms with Gasteiger partial charge in [-0.15, -0.1) is 11.8 Å². The van der Waals surface area contributed by atoms with Gasteiger partial charge < -0.3 is 23.7 Å². The van der Waals surface area contributed by atoms with Crippen LogP contribution in [-0.4, -0.2) is 73.7 Å². The van der Waals surface area contributed by atoms with Gasteiger partial charge in [0.2, 0.25) is 5.91 Å². The van der Waals surface area contributed by atoms with Crippen molar-refractivity contribution in [1.82, 2.24) is 9.80 Å². The van der Waals surface area contributed by atoms with E-state index in [1.54, 1.807) is 37.7 Å². The average Bonchev–Trinajstić information content (AvgIpc) is 3.12. The van der Waals surface area contributed by atoms with E-state index in [0.717, 1.165) is 29.6 Å². The van der Waals surface area contributed by atoms with Crippen molar-refractivity contribution < 1.29 is 18.7 Å². The second kappa shape index (κ2) is 9.72. The number of thioether (sulfide) groups is 2. The maximum Gasteiger partial charge on any atom is 0.233 e. The number of nitrogens with zero attached hydrogens (tertiary/aromatic N) is 2. The lowest BCUT2D eigenvalue weighted by atomic mass is 10.4. The van der Waals surface area contributed by atoms with Gasteiger partial charge in [-0.1, -0.05) is 0 Å². The first-order valence-corrected chi connectivity index (χ1v) is 10.0. The predicted molar refractivity (Wildman–Crippen MR) is 98.0 cm³/mol. The number of methoxy groups -OCH3 is 2. The van der Waals surface area contributed by atoms with Crippen molar-refractivity contribution >= 4 is 29.4 Å². The minimum atomic E-state index is -0.384. The van der Waals surface area contributed by atoms with Crippen LogP contribution in [0.2, 0.25) is 0 Å².